The zero-order valence-electron chi connectivity index (χ0n) is 11.1. The van der Waals surface area contributed by atoms with E-state index in [0.717, 1.165) is 11.1 Å². The fourth-order valence-electron chi connectivity index (χ4n) is 1.91. The van der Waals surface area contributed by atoms with Gasteiger partial charge in [-0.15, -0.1) is 0 Å². The van der Waals surface area contributed by atoms with Crippen molar-refractivity contribution in [2.75, 3.05) is 11.1 Å². The lowest BCUT2D eigenvalue weighted by Crippen LogP contribution is -2.15. The third-order valence-corrected chi connectivity index (χ3v) is 3.82. The summed E-state index contributed by atoms with van der Waals surface area (Å²) in [4.78, 5) is 12.3. The number of anilines is 2. The van der Waals surface area contributed by atoms with Gasteiger partial charge in [-0.05, 0) is 65.2 Å². The first-order valence-corrected chi connectivity index (χ1v) is 6.81. The van der Waals surface area contributed by atoms with Gasteiger partial charge in [-0.1, -0.05) is 6.07 Å². The predicted molar refractivity (Wildman–Crippen MR) is 82.4 cm³/mol. The third-order valence-electron chi connectivity index (χ3n) is 3.13. The van der Waals surface area contributed by atoms with E-state index in [1.54, 1.807) is 6.07 Å². The molecule has 2 aromatic carbocycles. The molecule has 3 nitrogen and oxygen atoms in total. The Kier molecular flexibility index (Phi) is 4.09. The highest BCUT2D eigenvalue weighted by Gasteiger charge is 2.14. The second kappa shape index (κ2) is 5.63. The average molecular weight is 337 g/mol. The number of nitrogen functional groups attached to an aromatic ring is 1. The Morgan fingerprint density at radius 3 is 2.65 bits per heavy atom. The standard InChI is InChI=1S/C15H14BrFN2O/c1-8-3-6-13(18)9(2)14(8)19-15(20)11-7-10(17)4-5-12(11)16/h3-7H,18H2,1-2H3,(H,19,20). The van der Waals surface area contributed by atoms with Crippen LogP contribution in [0.25, 0.3) is 0 Å². The Balaban J connectivity index is 2.38. The van der Waals surface area contributed by atoms with Crippen LogP contribution in [0.2, 0.25) is 0 Å². The summed E-state index contributed by atoms with van der Waals surface area (Å²) >= 11 is 3.24. The van der Waals surface area contributed by atoms with Crippen molar-refractivity contribution in [3.05, 3.63) is 57.3 Å². The molecule has 0 unspecified atom stereocenters. The van der Waals surface area contributed by atoms with Crippen LogP contribution in [0.5, 0.6) is 0 Å². The number of rotatable bonds is 2. The Labute approximate surface area is 125 Å². The van der Waals surface area contributed by atoms with Gasteiger partial charge in [0.05, 0.1) is 5.56 Å². The summed E-state index contributed by atoms with van der Waals surface area (Å²) in [5, 5.41) is 2.79. The lowest BCUT2D eigenvalue weighted by Gasteiger charge is -2.14. The third kappa shape index (κ3) is 2.82. The van der Waals surface area contributed by atoms with Gasteiger partial charge in [0, 0.05) is 15.8 Å². The molecule has 0 bridgehead atoms. The maximum absolute atomic E-state index is 13.2. The van der Waals surface area contributed by atoms with Gasteiger partial charge >= 0.3 is 0 Å². The molecule has 3 N–H and O–H groups in total. The molecular formula is C15H14BrFN2O. The molecule has 2 rings (SSSR count). The number of amides is 1. The smallest absolute Gasteiger partial charge is 0.256 e. The molecule has 20 heavy (non-hydrogen) atoms. The topological polar surface area (TPSA) is 55.1 Å². The summed E-state index contributed by atoms with van der Waals surface area (Å²) in [7, 11) is 0. The molecule has 1 amide bonds. The summed E-state index contributed by atoms with van der Waals surface area (Å²) in [6.45, 7) is 3.71. The van der Waals surface area contributed by atoms with Crippen molar-refractivity contribution >= 4 is 33.2 Å². The Bertz CT molecular complexity index is 686. The Hall–Kier alpha value is -1.88. The van der Waals surface area contributed by atoms with E-state index in [4.69, 9.17) is 5.73 Å². The summed E-state index contributed by atoms with van der Waals surface area (Å²) < 4.78 is 13.8. The van der Waals surface area contributed by atoms with Crippen LogP contribution >= 0.6 is 15.9 Å². The number of carbonyl (C=O) groups excluding carboxylic acids is 1. The lowest BCUT2D eigenvalue weighted by molar-refractivity contribution is 0.102. The van der Waals surface area contributed by atoms with Crippen LogP contribution in [-0.4, -0.2) is 5.91 Å². The quantitative estimate of drug-likeness (QED) is 0.813. The molecule has 0 atom stereocenters. The van der Waals surface area contributed by atoms with E-state index < -0.39 is 5.82 Å². The number of benzene rings is 2. The van der Waals surface area contributed by atoms with Gasteiger partial charge in [0.15, 0.2) is 0 Å². The monoisotopic (exact) mass is 336 g/mol. The van der Waals surface area contributed by atoms with Crippen LogP contribution in [-0.2, 0) is 0 Å². The molecule has 0 aliphatic heterocycles. The fraction of sp³-hybridized carbons (Fsp3) is 0.133. The molecule has 0 spiro atoms. The number of halogens is 2. The first-order valence-electron chi connectivity index (χ1n) is 6.02. The number of hydrogen-bond acceptors (Lipinski definition) is 2. The first-order chi connectivity index (χ1) is 9.40. The van der Waals surface area contributed by atoms with E-state index in [-0.39, 0.29) is 11.5 Å². The minimum Gasteiger partial charge on any atom is -0.398 e. The maximum Gasteiger partial charge on any atom is 0.256 e. The highest BCUT2D eigenvalue weighted by Crippen LogP contribution is 2.27. The number of carbonyl (C=O) groups is 1. The zero-order valence-corrected chi connectivity index (χ0v) is 12.7. The molecular weight excluding hydrogens is 323 g/mol. The lowest BCUT2D eigenvalue weighted by atomic mass is 10.1. The maximum atomic E-state index is 13.2. The SMILES string of the molecule is Cc1ccc(N)c(C)c1NC(=O)c1cc(F)ccc1Br. The minimum atomic E-state index is -0.459. The molecule has 0 saturated carbocycles. The van der Waals surface area contributed by atoms with Gasteiger partial charge in [0.25, 0.3) is 5.91 Å². The van der Waals surface area contributed by atoms with Crippen molar-refractivity contribution in [2.24, 2.45) is 0 Å². The van der Waals surface area contributed by atoms with Gasteiger partial charge < -0.3 is 11.1 Å². The van der Waals surface area contributed by atoms with E-state index in [1.165, 1.54) is 18.2 Å². The summed E-state index contributed by atoms with van der Waals surface area (Å²) in [5.74, 6) is -0.840. The molecule has 0 aromatic heterocycles. The van der Waals surface area contributed by atoms with Crippen molar-refractivity contribution in [2.45, 2.75) is 13.8 Å². The number of nitrogens with two attached hydrogens (primary N) is 1. The number of hydrogen-bond donors (Lipinski definition) is 2. The van der Waals surface area contributed by atoms with E-state index in [1.807, 2.05) is 19.9 Å². The van der Waals surface area contributed by atoms with Gasteiger partial charge in [0.2, 0.25) is 0 Å². The van der Waals surface area contributed by atoms with Crippen molar-refractivity contribution < 1.29 is 9.18 Å². The van der Waals surface area contributed by atoms with E-state index in [2.05, 4.69) is 21.2 Å². The number of nitrogens with one attached hydrogen (secondary N) is 1. The summed E-state index contributed by atoms with van der Waals surface area (Å²) in [6, 6.07) is 7.61. The zero-order chi connectivity index (χ0) is 14.9. The summed E-state index contributed by atoms with van der Waals surface area (Å²) in [6.07, 6.45) is 0. The molecule has 104 valence electrons. The molecule has 0 heterocycles. The van der Waals surface area contributed by atoms with Crippen LogP contribution in [0.3, 0.4) is 0 Å². The first kappa shape index (κ1) is 14.5. The van der Waals surface area contributed by atoms with Crippen molar-refractivity contribution in [3.8, 4) is 0 Å². The molecule has 0 saturated heterocycles. The highest BCUT2D eigenvalue weighted by molar-refractivity contribution is 9.10. The second-order valence-electron chi connectivity index (χ2n) is 4.55. The predicted octanol–water partition coefficient (Wildman–Crippen LogP) is 4.04. The average Bonchev–Trinajstić information content (AvgIpc) is 2.41. The molecule has 5 heteroatoms. The van der Waals surface area contributed by atoms with Gasteiger partial charge in [-0.2, -0.15) is 0 Å². The highest BCUT2D eigenvalue weighted by atomic mass is 79.9. The summed E-state index contributed by atoms with van der Waals surface area (Å²) in [5.41, 5.74) is 9.04. The van der Waals surface area contributed by atoms with E-state index in [9.17, 15) is 9.18 Å². The van der Waals surface area contributed by atoms with Gasteiger partial charge in [0.1, 0.15) is 5.82 Å². The van der Waals surface area contributed by atoms with Crippen LogP contribution in [0.4, 0.5) is 15.8 Å². The van der Waals surface area contributed by atoms with Crippen LogP contribution in [0.1, 0.15) is 21.5 Å². The van der Waals surface area contributed by atoms with E-state index >= 15 is 0 Å². The molecule has 0 aliphatic rings. The van der Waals surface area contributed by atoms with Crippen LogP contribution in [0, 0.1) is 19.7 Å². The Morgan fingerprint density at radius 2 is 1.95 bits per heavy atom. The second-order valence-corrected chi connectivity index (χ2v) is 5.40. The van der Waals surface area contributed by atoms with Crippen LogP contribution < -0.4 is 11.1 Å². The minimum absolute atomic E-state index is 0.242. The van der Waals surface area contributed by atoms with Crippen molar-refractivity contribution in [1.29, 1.82) is 0 Å². The Morgan fingerprint density at radius 1 is 1.25 bits per heavy atom. The molecule has 0 aliphatic carbocycles. The van der Waals surface area contributed by atoms with E-state index in [0.29, 0.717) is 15.8 Å². The molecule has 0 radical (unpaired) electrons. The normalized spacial score (nSPS) is 10.4. The van der Waals surface area contributed by atoms with Crippen molar-refractivity contribution in [3.63, 3.8) is 0 Å². The largest absolute Gasteiger partial charge is 0.398 e. The van der Waals surface area contributed by atoms with Crippen LogP contribution in [0.15, 0.2) is 34.8 Å². The van der Waals surface area contributed by atoms with Crippen molar-refractivity contribution in [1.82, 2.24) is 0 Å². The molecule has 2 aromatic rings. The fourth-order valence-corrected chi connectivity index (χ4v) is 2.33. The van der Waals surface area contributed by atoms with Gasteiger partial charge in [-0.25, -0.2) is 4.39 Å². The van der Waals surface area contributed by atoms with Gasteiger partial charge in [-0.3, -0.25) is 4.79 Å². The molecule has 0 fully saturated rings. The number of aryl methyl sites for hydroxylation is 1.